The van der Waals surface area contributed by atoms with Gasteiger partial charge in [0.2, 0.25) is 0 Å². The zero-order valence-corrected chi connectivity index (χ0v) is 41.5. The van der Waals surface area contributed by atoms with Gasteiger partial charge in [0.25, 0.3) is 0 Å². The van der Waals surface area contributed by atoms with E-state index < -0.39 is 25.5 Å². The summed E-state index contributed by atoms with van der Waals surface area (Å²) in [6.45, 7) is 10.6. The maximum absolute atomic E-state index is 12.4. The van der Waals surface area contributed by atoms with E-state index in [0.717, 1.165) is 33.4 Å². The molecule has 9 aromatic rings. The van der Waals surface area contributed by atoms with E-state index in [2.05, 4.69) is 32.0 Å². The number of nitrogens with zero attached hydrogens (tertiary/aromatic N) is 3. The van der Waals surface area contributed by atoms with Gasteiger partial charge in [-0.2, -0.15) is 0 Å². The Hall–Kier alpha value is -6.35. The molecule has 0 aliphatic heterocycles. The number of aromatic hydroxyl groups is 1. The second kappa shape index (κ2) is 19.5. The molecule has 0 aliphatic carbocycles. The Bertz CT molecular complexity index is 3530. The van der Waals surface area contributed by atoms with E-state index in [1.807, 2.05) is 128 Å². The quantitative estimate of drug-likeness (QED) is 0.131. The molecule has 0 bridgehead atoms. The van der Waals surface area contributed by atoms with Crippen LogP contribution in [0.4, 0.5) is 0 Å². The first-order valence-corrected chi connectivity index (χ1v) is 22.7. The Morgan fingerprint density at radius 3 is 1.91 bits per heavy atom. The molecule has 9 rings (SSSR count). The fourth-order valence-corrected chi connectivity index (χ4v) is 8.72. The van der Waals surface area contributed by atoms with Gasteiger partial charge in [-0.3, -0.25) is 9.55 Å². The SMILES string of the molecule is [2H]C([2H])([2H])c1ccc(-c2ccnc(-c3[c-]c(-c4cccc5c4nc(-c4cc(C(C)C)cc(C(C)C)c4O)n5-c4ccc(-c5cc(C([2H])(C)C)cc(C([2H])(C)C)c5)cc4C([2H])([2H])[2H])cc(-c4ccccc4)c3)c2)cc1.[Pt]. The van der Waals surface area contributed by atoms with Crippen LogP contribution in [0.5, 0.6) is 5.75 Å². The number of fused-ring (bicyclic) bond motifs is 1. The van der Waals surface area contributed by atoms with E-state index in [9.17, 15) is 5.11 Å². The Morgan fingerprint density at radius 2 is 1.24 bits per heavy atom. The summed E-state index contributed by atoms with van der Waals surface area (Å²) in [6.07, 6.45) is 1.73. The average Bonchev–Trinajstić information content (AvgIpc) is 3.75. The van der Waals surface area contributed by atoms with Gasteiger partial charge in [0.1, 0.15) is 11.6 Å². The third-order valence-corrected chi connectivity index (χ3v) is 12.6. The van der Waals surface area contributed by atoms with Crippen LogP contribution >= 0.6 is 0 Å². The van der Waals surface area contributed by atoms with Crippen LogP contribution in [0.2, 0.25) is 0 Å². The molecular formula is C62H60N3OPt-. The number of imidazole rings is 1. The molecule has 7 aromatic carbocycles. The molecule has 0 atom stereocenters. The number of phenols is 1. The van der Waals surface area contributed by atoms with Crippen molar-refractivity contribution in [1.82, 2.24) is 14.5 Å². The fourth-order valence-electron chi connectivity index (χ4n) is 8.72. The van der Waals surface area contributed by atoms with Gasteiger partial charge >= 0.3 is 0 Å². The van der Waals surface area contributed by atoms with Gasteiger partial charge in [-0.15, -0.1) is 23.8 Å². The Morgan fingerprint density at radius 1 is 0.567 bits per heavy atom. The van der Waals surface area contributed by atoms with Crippen molar-refractivity contribution in [2.75, 3.05) is 0 Å². The van der Waals surface area contributed by atoms with E-state index in [0.29, 0.717) is 72.7 Å². The number of para-hydroxylation sites is 1. The molecule has 340 valence electrons. The standard InChI is InChI=1S/C62H60N3O.Pt/c1-37(2)47-28-48(38(3)4)30-51(29-47)45-23-24-58(42(10)27-45)65-59-18-14-17-54(60(59)64-62(65)56-35-49(39(5)6)34-55(40(7)8)61(56)66)52-31-50(43-15-12-11-13-16-43)32-53(33-52)57-36-46(25-26-63-57)44-21-19-41(9)20-22-44;/h11-32,34-40,66H,1-10H3;/q-1;/i9D3,10D3,37D,38D;. The summed E-state index contributed by atoms with van der Waals surface area (Å²) < 4.78 is 70.7. The molecule has 2 heterocycles. The van der Waals surface area contributed by atoms with Gasteiger partial charge in [0.15, 0.2) is 0 Å². The third-order valence-electron chi connectivity index (χ3n) is 12.6. The van der Waals surface area contributed by atoms with Crippen LogP contribution in [0.1, 0.15) is 123 Å². The summed E-state index contributed by atoms with van der Waals surface area (Å²) in [5.74, 6) is -1.49. The second-order valence-electron chi connectivity index (χ2n) is 18.4. The molecule has 4 nitrogen and oxygen atoms in total. The number of pyridine rings is 1. The first-order valence-electron chi connectivity index (χ1n) is 26.7. The topological polar surface area (TPSA) is 50.9 Å². The van der Waals surface area contributed by atoms with Gasteiger partial charge in [-0.05, 0) is 123 Å². The number of aryl methyl sites for hydroxylation is 2. The zero-order valence-electron chi connectivity index (χ0n) is 47.2. The van der Waals surface area contributed by atoms with Gasteiger partial charge in [0.05, 0.1) is 22.3 Å². The van der Waals surface area contributed by atoms with Crippen LogP contribution in [-0.2, 0) is 21.1 Å². The first-order chi connectivity index (χ1) is 34.8. The third kappa shape index (κ3) is 9.47. The van der Waals surface area contributed by atoms with Crippen LogP contribution in [-0.4, -0.2) is 19.6 Å². The van der Waals surface area contributed by atoms with Gasteiger partial charge in [-0.25, -0.2) is 4.98 Å². The van der Waals surface area contributed by atoms with Gasteiger partial charge < -0.3 is 5.11 Å². The number of benzene rings is 7. The molecule has 2 aromatic heterocycles. The van der Waals surface area contributed by atoms with E-state index in [4.69, 9.17) is 20.9 Å². The molecule has 0 unspecified atom stereocenters. The number of rotatable bonds is 11. The molecule has 67 heavy (non-hydrogen) atoms. The molecule has 0 aliphatic rings. The van der Waals surface area contributed by atoms with Crippen molar-refractivity contribution in [3.05, 3.63) is 191 Å². The van der Waals surface area contributed by atoms with Crippen LogP contribution in [0.15, 0.2) is 152 Å². The van der Waals surface area contributed by atoms with Gasteiger partial charge in [0, 0.05) is 43.9 Å². The van der Waals surface area contributed by atoms with Crippen LogP contribution in [0, 0.1) is 19.8 Å². The largest absolute Gasteiger partial charge is 0.507 e. The second-order valence-corrected chi connectivity index (χ2v) is 18.4. The molecule has 0 fully saturated rings. The van der Waals surface area contributed by atoms with Crippen molar-refractivity contribution in [2.24, 2.45) is 0 Å². The summed E-state index contributed by atoms with van der Waals surface area (Å²) in [5, 5.41) is 12.4. The van der Waals surface area contributed by atoms with Crippen molar-refractivity contribution in [3.63, 3.8) is 0 Å². The molecule has 0 spiro atoms. The number of aromatic nitrogens is 3. The normalized spacial score (nSPS) is 14.1. The minimum absolute atomic E-state index is 0. The molecule has 0 saturated carbocycles. The molecule has 0 radical (unpaired) electrons. The Balaban J connectivity index is 0.00000747. The molecular weight excluding hydrogens is 998 g/mol. The van der Waals surface area contributed by atoms with Crippen molar-refractivity contribution in [3.8, 4) is 78.6 Å². The monoisotopic (exact) mass is 1070 g/mol. The maximum atomic E-state index is 12.4. The van der Waals surface area contributed by atoms with E-state index >= 15 is 0 Å². The smallest absolute Gasteiger partial charge is 0.148 e. The Kier molecular flexibility index (Phi) is 11.0. The summed E-state index contributed by atoms with van der Waals surface area (Å²) in [4.78, 5) is 10.3. The average molecular weight is 1070 g/mol. The molecule has 0 saturated heterocycles. The van der Waals surface area contributed by atoms with Gasteiger partial charge in [-0.1, -0.05) is 181 Å². The zero-order chi connectivity index (χ0) is 53.2. The van der Waals surface area contributed by atoms with E-state index in [1.54, 1.807) is 58.2 Å². The predicted molar refractivity (Wildman–Crippen MR) is 278 cm³/mol. The molecule has 5 heteroatoms. The minimum atomic E-state index is -2.63. The first kappa shape index (κ1) is 37.7. The molecule has 0 amide bonds. The van der Waals surface area contributed by atoms with E-state index in [1.165, 1.54) is 0 Å². The van der Waals surface area contributed by atoms with Crippen molar-refractivity contribution >= 4 is 11.0 Å². The van der Waals surface area contributed by atoms with Crippen molar-refractivity contribution < 1.29 is 37.1 Å². The van der Waals surface area contributed by atoms with Crippen LogP contribution in [0.25, 0.3) is 83.9 Å². The number of hydrogen-bond donors (Lipinski definition) is 1. The van der Waals surface area contributed by atoms with Crippen molar-refractivity contribution in [1.29, 1.82) is 0 Å². The summed E-state index contributed by atoms with van der Waals surface area (Å²) in [6, 6.07) is 49.5. The van der Waals surface area contributed by atoms with Crippen molar-refractivity contribution in [2.45, 2.75) is 92.7 Å². The minimum Gasteiger partial charge on any atom is -0.507 e. The maximum Gasteiger partial charge on any atom is 0.148 e. The summed E-state index contributed by atoms with van der Waals surface area (Å²) >= 11 is 0. The van der Waals surface area contributed by atoms with Crippen LogP contribution < -0.4 is 0 Å². The Labute approximate surface area is 423 Å². The number of phenolic OH excluding ortho intramolecular Hbond substituents is 1. The fraction of sp³-hybridized carbons (Fsp3) is 0.226. The summed E-state index contributed by atoms with van der Waals surface area (Å²) in [7, 11) is 0. The molecule has 1 N–H and O–H groups in total. The van der Waals surface area contributed by atoms with Crippen LogP contribution in [0.3, 0.4) is 0 Å². The summed E-state index contributed by atoms with van der Waals surface area (Å²) in [5.41, 5.74) is 13.1. The predicted octanol–water partition coefficient (Wildman–Crippen LogP) is 17.0. The van der Waals surface area contributed by atoms with E-state index in [-0.39, 0.29) is 49.8 Å². The number of hydrogen-bond acceptors (Lipinski definition) is 3.